The summed E-state index contributed by atoms with van der Waals surface area (Å²) in [6.45, 7) is 2.19. The highest BCUT2D eigenvalue weighted by Gasteiger charge is 2.40. The van der Waals surface area contributed by atoms with Gasteiger partial charge in [0.25, 0.3) is 0 Å². The Bertz CT molecular complexity index is 939. The van der Waals surface area contributed by atoms with Gasteiger partial charge < -0.3 is 4.57 Å². The van der Waals surface area contributed by atoms with E-state index in [0.29, 0.717) is 12.1 Å². The number of nitrogens with zero attached hydrogens (tertiary/aromatic N) is 2. The molecular weight excluding hydrogens is 316 g/mol. The van der Waals surface area contributed by atoms with Crippen LogP contribution in [-0.2, 0) is 6.42 Å². The lowest BCUT2D eigenvalue weighted by Crippen LogP contribution is -2.34. The number of hydrogen-bond donors (Lipinski definition) is 0. The van der Waals surface area contributed by atoms with Gasteiger partial charge in [0.15, 0.2) is 0 Å². The van der Waals surface area contributed by atoms with Gasteiger partial charge in [0.2, 0.25) is 0 Å². The summed E-state index contributed by atoms with van der Waals surface area (Å²) in [6.07, 6.45) is 3.73. The third kappa shape index (κ3) is 1.93. The Kier molecular flexibility index (Phi) is 3.10. The monoisotopic (exact) mass is 336 g/mol. The van der Waals surface area contributed by atoms with Crippen molar-refractivity contribution < 1.29 is 0 Å². The highest BCUT2D eigenvalue weighted by atomic mass is 35.5. The zero-order valence-electron chi connectivity index (χ0n) is 14.1. The zero-order chi connectivity index (χ0) is 16.4. The molecular formula is C21H21ClN2. The standard InChI is InChI=1S/C21H21ClN2/c1-13-3-9-18-17(11-13)21-19-10-8-16(23(19)2)12-20(21)24(18)15-6-4-14(22)5-7-15/h3-7,9,11,16,19H,8,10,12H2,1-2H3. The van der Waals surface area contributed by atoms with E-state index in [4.69, 9.17) is 11.6 Å². The van der Waals surface area contributed by atoms with Crippen LogP contribution in [-0.4, -0.2) is 22.6 Å². The Morgan fingerprint density at radius 2 is 1.83 bits per heavy atom. The normalized spacial score (nSPS) is 23.0. The highest BCUT2D eigenvalue weighted by molar-refractivity contribution is 6.30. The fourth-order valence-corrected chi connectivity index (χ4v) is 4.90. The number of benzene rings is 2. The Morgan fingerprint density at radius 3 is 2.62 bits per heavy atom. The largest absolute Gasteiger partial charge is 0.313 e. The van der Waals surface area contributed by atoms with E-state index in [1.165, 1.54) is 40.7 Å². The first kappa shape index (κ1) is 14.6. The first-order chi connectivity index (χ1) is 11.6. The molecule has 5 rings (SSSR count). The lowest BCUT2D eigenvalue weighted by molar-refractivity contribution is 0.223. The minimum Gasteiger partial charge on any atom is -0.313 e. The molecule has 2 nitrogen and oxygen atoms in total. The molecule has 0 spiro atoms. The van der Waals surface area contributed by atoms with Gasteiger partial charge in [-0.3, -0.25) is 4.90 Å². The van der Waals surface area contributed by atoms with Crippen LogP contribution in [0, 0.1) is 6.92 Å². The predicted molar refractivity (Wildman–Crippen MR) is 100 cm³/mol. The van der Waals surface area contributed by atoms with Gasteiger partial charge in [-0.05, 0) is 68.8 Å². The van der Waals surface area contributed by atoms with Crippen molar-refractivity contribution in [1.29, 1.82) is 0 Å². The summed E-state index contributed by atoms with van der Waals surface area (Å²) >= 11 is 6.11. The average Bonchev–Trinajstić information content (AvgIpc) is 2.99. The van der Waals surface area contributed by atoms with Crippen LogP contribution in [0.3, 0.4) is 0 Å². The molecule has 0 radical (unpaired) electrons. The van der Waals surface area contributed by atoms with E-state index in [1.54, 1.807) is 5.56 Å². The van der Waals surface area contributed by atoms with Gasteiger partial charge in [-0.1, -0.05) is 23.2 Å². The molecule has 24 heavy (non-hydrogen) atoms. The number of likely N-dealkylation sites (N-methyl/N-ethyl adjacent to an activating group) is 1. The number of hydrogen-bond acceptors (Lipinski definition) is 1. The van der Waals surface area contributed by atoms with Crippen LogP contribution in [0.15, 0.2) is 42.5 Å². The molecule has 1 aromatic heterocycles. The summed E-state index contributed by atoms with van der Waals surface area (Å²) in [5.74, 6) is 0. The van der Waals surface area contributed by atoms with Crippen molar-refractivity contribution >= 4 is 22.5 Å². The molecule has 2 atom stereocenters. The number of aromatic nitrogens is 1. The van der Waals surface area contributed by atoms with Gasteiger partial charge in [0, 0.05) is 40.3 Å². The molecule has 0 aliphatic carbocycles. The van der Waals surface area contributed by atoms with Crippen LogP contribution in [0.5, 0.6) is 0 Å². The van der Waals surface area contributed by atoms with Gasteiger partial charge in [-0.2, -0.15) is 0 Å². The SMILES string of the molecule is Cc1ccc2c(c1)c1c(n2-c2ccc(Cl)cc2)CC2CCC1N2C. The van der Waals surface area contributed by atoms with E-state index >= 15 is 0 Å². The molecule has 2 bridgehead atoms. The third-order valence-electron chi connectivity index (χ3n) is 5.95. The Balaban J connectivity index is 1.85. The second-order valence-corrected chi connectivity index (χ2v) is 7.75. The van der Waals surface area contributed by atoms with Crippen molar-refractivity contribution in [3.8, 4) is 5.69 Å². The van der Waals surface area contributed by atoms with Crippen LogP contribution in [0.1, 0.15) is 35.7 Å². The third-order valence-corrected chi connectivity index (χ3v) is 6.20. The summed E-state index contributed by atoms with van der Waals surface area (Å²) in [7, 11) is 2.30. The fraction of sp³-hybridized carbons (Fsp3) is 0.333. The number of aryl methyl sites for hydroxylation is 1. The van der Waals surface area contributed by atoms with Crippen molar-refractivity contribution in [2.45, 2.75) is 38.3 Å². The van der Waals surface area contributed by atoms with E-state index in [1.807, 2.05) is 12.1 Å². The molecule has 1 saturated heterocycles. The lowest BCUT2D eigenvalue weighted by Gasteiger charge is -2.32. The predicted octanol–water partition coefficient (Wildman–Crippen LogP) is 5.28. The molecule has 3 heteroatoms. The molecule has 3 heterocycles. The maximum atomic E-state index is 6.11. The van der Waals surface area contributed by atoms with E-state index in [-0.39, 0.29) is 0 Å². The quantitative estimate of drug-likeness (QED) is 0.586. The molecule has 1 fully saturated rings. The van der Waals surface area contributed by atoms with Crippen molar-refractivity contribution in [2.24, 2.45) is 0 Å². The average molecular weight is 337 g/mol. The van der Waals surface area contributed by atoms with Gasteiger partial charge in [0.1, 0.15) is 0 Å². The lowest BCUT2D eigenvalue weighted by atomic mass is 9.97. The fourth-order valence-electron chi connectivity index (χ4n) is 4.77. The Hall–Kier alpha value is -1.77. The van der Waals surface area contributed by atoms with Crippen molar-refractivity contribution in [3.05, 3.63) is 64.3 Å². The van der Waals surface area contributed by atoms with Crippen molar-refractivity contribution in [1.82, 2.24) is 9.47 Å². The number of halogens is 1. The summed E-state index contributed by atoms with van der Waals surface area (Å²) in [4.78, 5) is 2.59. The van der Waals surface area contributed by atoms with Gasteiger partial charge in [-0.25, -0.2) is 0 Å². The van der Waals surface area contributed by atoms with E-state index in [2.05, 4.69) is 53.8 Å². The molecule has 2 unspecified atom stereocenters. The highest BCUT2D eigenvalue weighted by Crippen LogP contribution is 2.47. The molecule has 2 aliphatic rings. The van der Waals surface area contributed by atoms with Gasteiger partial charge in [-0.15, -0.1) is 0 Å². The molecule has 0 N–H and O–H groups in total. The van der Waals surface area contributed by atoms with Crippen molar-refractivity contribution in [3.63, 3.8) is 0 Å². The molecule has 0 amide bonds. The second kappa shape index (κ2) is 5.11. The van der Waals surface area contributed by atoms with Gasteiger partial charge in [0.05, 0.1) is 5.52 Å². The minimum atomic E-state index is 0.566. The van der Waals surface area contributed by atoms with Crippen molar-refractivity contribution in [2.75, 3.05) is 7.05 Å². The first-order valence-corrected chi connectivity index (χ1v) is 9.13. The Morgan fingerprint density at radius 1 is 1.04 bits per heavy atom. The van der Waals surface area contributed by atoms with Gasteiger partial charge >= 0.3 is 0 Å². The van der Waals surface area contributed by atoms with E-state index in [9.17, 15) is 0 Å². The summed E-state index contributed by atoms with van der Waals surface area (Å²) < 4.78 is 2.47. The van der Waals surface area contributed by atoms with E-state index in [0.717, 1.165) is 11.4 Å². The molecule has 2 aromatic carbocycles. The topological polar surface area (TPSA) is 8.17 Å². The summed E-state index contributed by atoms with van der Waals surface area (Å²) in [5.41, 5.74) is 6.94. The van der Waals surface area contributed by atoms with Crippen LogP contribution in [0.25, 0.3) is 16.6 Å². The van der Waals surface area contributed by atoms with Crippen LogP contribution < -0.4 is 0 Å². The van der Waals surface area contributed by atoms with E-state index < -0.39 is 0 Å². The summed E-state index contributed by atoms with van der Waals surface area (Å²) in [6, 6.07) is 16.4. The minimum absolute atomic E-state index is 0.566. The maximum absolute atomic E-state index is 6.11. The molecule has 3 aromatic rings. The molecule has 122 valence electrons. The molecule has 0 saturated carbocycles. The number of fused-ring (bicyclic) bond motifs is 6. The van der Waals surface area contributed by atoms with Crippen LogP contribution >= 0.6 is 11.6 Å². The number of rotatable bonds is 1. The van der Waals surface area contributed by atoms with Crippen LogP contribution in [0.4, 0.5) is 0 Å². The smallest absolute Gasteiger partial charge is 0.0535 e. The Labute approximate surface area is 147 Å². The zero-order valence-corrected chi connectivity index (χ0v) is 14.8. The summed E-state index contributed by atoms with van der Waals surface area (Å²) in [5, 5.41) is 2.22. The van der Waals surface area contributed by atoms with Crippen LogP contribution in [0.2, 0.25) is 5.02 Å². The maximum Gasteiger partial charge on any atom is 0.0535 e. The second-order valence-electron chi connectivity index (χ2n) is 7.31. The molecule has 2 aliphatic heterocycles. The first-order valence-electron chi connectivity index (χ1n) is 8.75.